The number of phenols is 2. The third-order valence-corrected chi connectivity index (χ3v) is 3.40. The Morgan fingerprint density at radius 1 is 1.05 bits per heavy atom. The molecule has 106 valence electrons. The van der Waals surface area contributed by atoms with E-state index >= 15 is 0 Å². The summed E-state index contributed by atoms with van der Waals surface area (Å²) >= 11 is 0. The third kappa shape index (κ3) is 3.10. The molecule has 0 saturated carbocycles. The van der Waals surface area contributed by atoms with Gasteiger partial charge in [-0.2, -0.15) is 0 Å². The highest BCUT2D eigenvalue weighted by molar-refractivity contribution is 5.95. The molecule has 0 heterocycles. The number of benzene rings is 2. The van der Waals surface area contributed by atoms with Gasteiger partial charge in [0.05, 0.1) is 5.39 Å². The second kappa shape index (κ2) is 5.95. The Balaban J connectivity index is 2.51. The summed E-state index contributed by atoms with van der Waals surface area (Å²) in [5.74, 6) is 0.175. The fourth-order valence-corrected chi connectivity index (χ4v) is 2.51. The molecule has 0 aromatic heterocycles. The molecule has 0 atom stereocenters. The van der Waals surface area contributed by atoms with Crippen LogP contribution in [0.1, 0.15) is 37.8 Å². The summed E-state index contributed by atoms with van der Waals surface area (Å²) in [6, 6.07) is 7.11. The minimum atomic E-state index is 0.0262. The number of hydrogen-bond acceptors (Lipinski definition) is 3. The molecule has 0 fully saturated rings. The summed E-state index contributed by atoms with van der Waals surface area (Å²) in [4.78, 5) is 11.2. The van der Waals surface area contributed by atoms with Gasteiger partial charge in [0, 0.05) is 6.42 Å². The molecule has 0 spiro atoms. The molecule has 2 aromatic carbocycles. The Morgan fingerprint density at radius 2 is 1.65 bits per heavy atom. The van der Waals surface area contributed by atoms with E-state index in [1.807, 2.05) is 12.1 Å². The van der Waals surface area contributed by atoms with Crippen molar-refractivity contribution < 1.29 is 15.0 Å². The average molecular weight is 272 g/mol. The minimum Gasteiger partial charge on any atom is -0.507 e. The Kier molecular flexibility index (Phi) is 4.28. The van der Waals surface area contributed by atoms with E-state index in [4.69, 9.17) is 0 Å². The zero-order valence-corrected chi connectivity index (χ0v) is 11.9. The highest BCUT2D eigenvalue weighted by Gasteiger charge is 2.10. The maximum absolute atomic E-state index is 11.2. The first-order valence-corrected chi connectivity index (χ1v) is 6.98. The van der Waals surface area contributed by atoms with E-state index in [1.54, 1.807) is 12.1 Å². The quantitative estimate of drug-likeness (QED) is 0.872. The number of unbranched alkanes of at least 4 members (excludes halogenated alkanes) is 1. The Bertz CT molecular complexity index is 644. The summed E-state index contributed by atoms with van der Waals surface area (Å²) in [7, 11) is 0. The molecule has 0 aliphatic rings. The minimum absolute atomic E-state index is 0.0262. The standard InChI is InChI=1S/C17H20O3/c1-3-4-5-12-7-14-8-13(6-11(2)18)10-16(20)17(14)15(19)9-12/h7-10,19-20H,3-6H2,1-2H3. The molecule has 2 aromatic rings. The van der Waals surface area contributed by atoms with Gasteiger partial charge >= 0.3 is 0 Å². The number of phenolic OH excluding ortho intramolecular Hbond substituents is 2. The van der Waals surface area contributed by atoms with Gasteiger partial charge in [-0.25, -0.2) is 0 Å². The SMILES string of the molecule is CCCCc1cc(O)c2c(O)cc(CC(C)=O)cc2c1. The average Bonchev–Trinajstić information content (AvgIpc) is 2.34. The molecule has 3 nitrogen and oxygen atoms in total. The molecular formula is C17H20O3. The van der Waals surface area contributed by atoms with Crippen molar-refractivity contribution in [3.63, 3.8) is 0 Å². The van der Waals surface area contributed by atoms with Crippen LogP contribution in [0.15, 0.2) is 24.3 Å². The molecule has 0 bridgehead atoms. The Labute approximate surface area is 118 Å². The van der Waals surface area contributed by atoms with E-state index in [9.17, 15) is 15.0 Å². The first-order valence-electron chi connectivity index (χ1n) is 6.98. The molecule has 2 N–H and O–H groups in total. The summed E-state index contributed by atoms with van der Waals surface area (Å²) in [6.45, 7) is 3.65. The smallest absolute Gasteiger partial charge is 0.134 e. The number of fused-ring (bicyclic) bond motifs is 1. The second-order valence-electron chi connectivity index (χ2n) is 5.31. The fraction of sp³-hybridized carbons (Fsp3) is 0.353. The van der Waals surface area contributed by atoms with Crippen molar-refractivity contribution in [2.24, 2.45) is 0 Å². The van der Waals surface area contributed by atoms with Crippen LogP contribution >= 0.6 is 0 Å². The molecule has 0 radical (unpaired) electrons. The van der Waals surface area contributed by atoms with E-state index < -0.39 is 0 Å². The van der Waals surface area contributed by atoms with E-state index in [0.29, 0.717) is 11.8 Å². The van der Waals surface area contributed by atoms with Gasteiger partial charge in [0.25, 0.3) is 0 Å². The monoisotopic (exact) mass is 272 g/mol. The predicted molar refractivity (Wildman–Crippen MR) is 80.3 cm³/mol. The highest BCUT2D eigenvalue weighted by Crippen LogP contribution is 2.35. The van der Waals surface area contributed by atoms with Gasteiger partial charge in [0.2, 0.25) is 0 Å². The van der Waals surface area contributed by atoms with Crippen LogP contribution in [-0.2, 0) is 17.6 Å². The van der Waals surface area contributed by atoms with Gasteiger partial charge in [-0.3, -0.25) is 4.79 Å². The maximum atomic E-state index is 11.2. The van der Waals surface area contributed by atoms with Gasteiger partial charge in [-0.15, -0.1) is 0 Å². The van der Waals surface area contributed by atoms with Crippen molar-refractivity contribution in [2.45, 2.75) is 39.5 Å². The van der Waals surface area contributed by atoms with Crippen LogP contribution in [0.2, 0.25) is 0 Å². The molecule has 0 aliphatic heterocycles. The number of hydrogen-bond donors (Lipinski definition) is 2. The number of carbonyl (C=O) groups excluding carboxylic acids is 1. The number of Topliss-reactive ketones (excluding diaryl/α,β-unsaturated/α-hetero) is 1. The van der Waals surface area contributed by atoms with Gasteiger partial charge in [0.1, 0.15) is 17.3 Å². The van der Waals surface area contributed by atoms with Gasteiger partial charge in [0.15, 0.2) is 0 Å². The van der Waals surface area contributed by atoms with Crippen LogP contribution < -0.4 is 0 Å². The fourth-order valence-electron chi connectivity index (χ4n) is 2.51. The lowest BCUT2D eigenvalue weighted by Gasteiger charge is -2.10. The molecule has 0 aliphatic carbocycles. The maximum Gasteiger partial charge on any atom is 0.134 e. The number of carbonyl (C=O) groups is 1. The van der Waals surface area contributed by atoms with Crippen molar-refractivity contribution >= 4 is 16.6 Å². The van der Waals surface area contributed by atoms with Gasteiger partial charge in [-0.05, 0) is 48.4 Å². The topological polar surface area (TPSA) is 57.5 Å². The van der Waals surface area contributed by atoms with Gasteiger partial charge in [-0.1, -0.05) is 25.5 Å². The van der Waals surface area contributed by atoms with Gasteiger partial charge < -0.3 is 10.2 Å². The zero-order valence-electron chi connectivity index (χ0n) is 11.9. The molecule has 3 heteroatoms. The molecule has 2 rings (SSSR count). The largest absolute Gasteiger partial charge is 0.507 e. The van der Waals surface area contributed by atoms with E-state index in [0.717, 1.165) is 35.8 Å². The van der Waals surface area contributed by atoms with Crippen LogP contribution in [-0.4, -0.2) is 16.0 Å². The third-order valence-electron chi connectivity index (χ3n) is 3.40. The highest BCUT2D eigenvalue weighted by atomic mass is 16.3. The van der Waals surface area contributed by atoms with E-state index in [1.165, 1.54) is 6.92 Å². The molecular weight excluding hydrogens is 252 g/mol. The second-order valence-corrected chi connectivity index (χ2v) is 5.31. The summed E-state index contributed by atoms with van der Waals surface area (Å²) in [5, 5.41) is 21.4. The van der Waals surface area contributed by atoms with Crippen LogP contribution in [0.4, 0.5) is 0 Å². The first-order chi connectivity index (χ1) is 9.51. The van der Waals surface area contributed by atoms with E-state index in [2.05, 4.69) is 6.92 Å². The number of rotatable bonds is 5. The normalized spacial score (nSPS) is 10.9. The molecule has 0 saturated heterocycles. The van der Waals surface area contributed by atoms with E-state index in [-0.39, 0.29) is 17.3 Å². The van der Waals surface area contributed by atoms with Crippen molar-refractivity contribution in [1.29, 1.82) is 0 Å². The summed E-state index contributed by atoms with van der Waals surface area (Å²) < 4.78 is 0. The van der Waals surface area contributed by atoms with Crippen molar-refractivity contribution in [3.8, 4) is 11.5 Å². The summed E-state index contributed by atoms with van der Waals surface area (Å²) in [5.41, 5.74) is 1.82. The van der Waals surface area contributed by atoms with Crippen LogP contribution in [0.5, 0.6) is 11.5 Å². The first kappa shape index (κ1) is 14.4. The van der Waals surface area contributed by atoms with Crippen LogP contribution in [0.3, 0.4) is 0 Å². The Hall–Kier alpha value is -2.03. The van der Waals surface area contributed by atoms with Crippen LogP contribution in [0.25, 0.3) is 10.8 Å². The zero-order chi connectivity index (χ0) is 14.7. The predicted octanol–water partition coefficient (Wildman–Crippen LogP) is 3.73. The molecule has 0 amide bonds. The lowest BCUT2D eigenvalue weighted by Crippen LogP contribution is -1.96. The van der Waals surface area contributed by atoms with Crippen molar-refractivity contribution in [1.82, 2.24) is 0 Å². The molecule has 20 heavy (non-hydrogen) atoms. The lowest BCUT2D eigenvalue weighted by molar-refractivity contribution is -0.116. The number of aromatic hydroxyl groups is 2. The number of aryl methyl sites for hydroxylation is 1. The lowest BCUT2D eigenvalue weighted by atomic mass is 9.98. The van der Waals surface area contributed by atoms with Crippen LogP contribution in [0, 0.1) is 0 Å². The Morgan fingerprint density at radius 3 is 2.25 bits per heavy atom. The number of ketones is 1. The molecule has 0 unspecified atom stereocenters. The van der Waals surface area contributed by atoms with Crippen molar-refractivity contribution in [3.05, 3.63) is 35.4 Å². The van der Waals surface area contributed by atoms with Crippen molar-refractivity contribution in [2.75, 3.05) is 0 Å². The summed E-state index contributed by atoms with van der Waals surface area (Å²) in [6.07, 6.45) is 3.35.